The molecule has 3 rings (SSSR count). The van der Waals surface area contributed by atoms with Crippen molar-refractivity contribution < 1.29 is 27.1 Å². The first-order valence-corrected chi connectivity index (χ1v) is 9.04. The van der Waals surface area contributed by atoms with E-state index in [1.165, 1.54) is 19.2 Å². The number of hydrogen-bond donors (Lipinski definition) is 1. The quantitative estimate of drug-likeness (QED) is 0.842. The maximum Gasteiger partial charge on any atom is 0.347 e. The monoisotopic (exact) mass is 365 g/mol. The van der Waals surface area contributed by atoms with Crippen molar-refractivity contribution in [1.29, 1.82) is 0 Å². The molecule has 0 amide bonds. The highest BCUT2D eigenvalue weighted by Gasteiger charge is 2.29. The largest absolute Gasteiger partial charge is 0.476 e. The summed E-state index contributed by atoms with van der Waals surface area (Å²) >= 11 is 0. The summed E-state index contributed by atoms with van der Waals surface area (Å²) in [5.74, 6) is -0.739. The number of hydrogen-bond acceptors (Lipinski definition) is 5. The lowest BCUT2D eigenvalue weighted by Gasteiger charge is -2.26. The maximum atomic E-state index is 13.0. The third kappa shape index (κ3) is 3.58. The number of esters is 1. The molecule has 8 heteroatoms. The third-order valence-corrected chi connectivity index (χ3v) is 5.25. The molecule has 1 aliphatic rings. The Morgan fingerprint density at radius 2 is 1.96 bits per heavy atom. The lowest BCUT2D eigenvalue weighted by atomic mass is 10.0. The van der Waals surface area contributed by atoms with Crippen LogP contribution in [0.25, 0.3) is 0 Å². The van der Waals surface area contributed by atoms with Gasteiger partial charge in [0.25, 0.3) is 10.0 Å². The van der Waals surface area contributed by atoms with Crippen LogP contribution in [0, 0.1) is 5.82 Å². The van der Waals surface area contributed by atoms with Crippen molar-refractivity contribution in [3.05, 3.63) is 53.8 Å². The number of aryl methyl sites for hydroxylation is 1. The Balaban J connectivity index is 1.91. The molecule has 1 unspecified atom stereocenters. The number of rotatable bonds is 4. The molecule has 1 aliphatic heterocycles. The second kappa shape index (κ2) is 6.72. The van der Waals surface area contributed by atoms with Gasteiger partial charge in [-0.05, 0) is 48.7 Å². The van der Waals surface area contributed by atoms with Gasteiger partial charge in [-0.15, -0.1) is 0 Å². The fraction of sp³-hybridized carbons (Fsp3) is 0.235. The number of nitrogens with one attached hydrogen (secondary N) is 1. The molecule has 25 heavy (non-hydrogen) atoms. The standard InChI is InChI=1S/C17H16FNO5S/c1-23-17(20)15-10-5-11-3-2-4-14(16(11)24-15)19-25(21,22)13-8-6-12(18)7-9-13/h2-4,6-9,15,19H,5,10H2,1H3. The van der Waals surface area contributed by atoms with Crippen molar-refractivity contribution in [3.8, 4) is 5.75 Å². The van der Waals surface area contributed by atoms with Gasteiger partial charge in [-0.1, -0.05) is 12.1 Å². The molecular formula is C17H16FNO5S. The Kier molecular flexibility index (Phi) is 4.63. The molecule has 0 saturated carbocycles. The summed E-state index contributed by atoms with van der Waals surface area (Å²) in [4.78, 5) is 11.6. The number of anilines is 1. The number of halogens is 1. The minimum absolute atomic E-state index is 0.0770. The van der Waals surface area contributed by atoms with E-state index in [2.05, 4.69) is 9.46 Å². The fourth-order valence-corrected chi connectivity index (χ4v) is 3.67. The van der Waals surface area contributed by atoms with Crippen molar-refractivity contribution in [3.63, 3.8) is 0 Å². The number of ether oxygens (including phenoxy) is 2. The van der Waals surface area contributed by atoms with Gasteiger partial charge in [0, 0.05) is 0 Å². The van der Waals surface area contributed by atoms with E-state index < -0.39 is 27.9 Å². The molecule has 1 N–H and O–H groups in total. The van der Waals surface area contributed by atoms with Gasteiger partial charge in [-0.25, -0.2) is 17.6 Å². The van der Waals surface area contributed by atoms with Crippen LogP contribution >= 0.6 is 0 Å². The average molecular weight is 365 g/mol. The van der Waals surface area contributed by atoms with Crippen molar-refractivity contribution in [1.82, 2.24) is 0 Å². The average Bonchev–Trinajstić information content (AvgIpc) is 2.61. The molecule has 0 spiro atoms. The van der Waals surface area contributed by atoms with Crippen molar-refractivity contribution in [2.45, 2.75) is 23.8 Å². The predicted octanol–water partition coefficient (Wildman–Crippen LogP) is 2.49. The second-order valence-electron chi connectivity index (χ2n) is 5.52. The molecule has 2 aromatic carbocycles. The molecule has 0 aliphatic carbocycles. The Morgan fingerprint density at radius 3 is 2.64 bits per heavy atom. The van der Waals surface area contributed by atoms with Crippen molar-refractivity contribution in [2.24, 2.45) is 0 Å². The van der Waals surface area contributed by atoms with Crippen LogP contribution in [0.15, 0.2) is 47.4 Å². The Bertz CT molecular complexity index is 896. The smallest absolute Gasteiger partial charge is 0.347 e. The molecule has 132 valence electrons. The van der Waals surface area contributed by atoms with Crippen molar-refractivity contribution >= 4 is 21.7 Å². The van der Waals surface area contributed by atoms with Crippen LogP contribution in [-0.2, 0) is 26.0 Å². The molecule has 0 radical (unpaired) electrons. The van der Waals surface area contributed by atoms with Crippen molar-refractivity contribution in [2.75, 3.05) is 11.8 Å². The zero-order chi connectivity index (χ0) is 18.0. The highest BCUT2D eigenvalue weighted by Crippen LogP contribution is 2.36. The number of para-hydroxylation sites is 1. The normalized spacial score (nSPS) is 16.5. The van der Waals surface area contributed by atoms with Gasteiger partial charge in [-0.2, -0.15) is 0 Å². The van der Waals surface area contributed by atoms with Crippen LogP contribution in [0.4, 0.5) is 10.1 Å². The van der Waals surface area contributed by atoms with Crippen LogP contribution < -0.4 is 9.46 Å². The van der Waals surface area contributed by atoms with Crippen LogP contribution in [0.3, 0.4) is 0 Å². The number of carbonyl (C=O) groups excluding carboxylic acids is 1. The first-order valence-electron chi connectivity index (χ1n) is 7.55. The van der Waals surface area contributed by atoms with Crippen LogP contribution in [0.1, 0.15) is 12.0 Å². The van der Waals surface area contributed by atoms with Crippen LogP contribution in [-0.4, -0.2) is 27.6 Å². The first kappa shape index (κ1) is 17.2. The summed E-state index contributed by atoms with van der Waals surface area (Å²) in [7, 11) is -2.65. The zero-order valence-corrected chi connectivity index (χ0v) is 14.2. The summed E-state index contributed by atoms with van der Waals surface area (Å²) in [5.41, 5.74) is 1.01. The predicted molar refractivity (Wildman–Crippen MR) is 88.4 cm³/mol. The van der Waals surface area contributed by atoms with E-state index in [0.717, 1.165) is 17.7 Å². The van der Waals surface area contributed by atoms with E-state index in [4.69, 9.17) is 4.74 Å². The lowest BCUT2D eigenvalue weighted by Crippen LogP contribution is -2.32. The number of fused-ring (bicyclic) bond motifs is 1. The molecule has 0 bridgehead atoms. The highest BCUT2D eigenvalue weighted by molar-refractivity contribution is 7.92. The van der Waals surface area contributed by atoms with Gasteiger partial charge in [0.05, 0.1) is 17.7 Å². The van der Waals surface area contributed by atoms with E-state index >= 15 is 0 Å². The summed E-state index contributed by atoms with van der Waals surface area (Å²) < 4.78 is 50.8. The molecule has 1 atom stereocenters. The molecule has 0 fully saturated rings. The minimum atomic E-state index is -3.92. The SMILES string of the molecule is COC(=O)C1CCc2cccc(NS(=O)(=O)c3ccc(F)cc3)c2O1. The molecule has 2 aromatic rings. The lowest BCUT2D eigenvalue weighted by molar-refractivity contribution is -0.149. The second-order valence-corrected chi connectivity index (χ2v) is 7.20. The molecular weight excluding hydrogens is 349 g/mol. The maximum absolute atomic E-state index is 13.0. The number of methoxy groups -OCH3 is 1. The van der Waals surface area contributed by atoms with E-state index in [9.17, 15) is 17.6 Å². The van der Waals surface area contributed by atoms with E-state index in [-0.39, 0.29) is 10.6 Å². The topological polar surface area (TPSA) is 81.7 Å². The van der Waals surface area contributed by atoms with Crippen LogP contribution in [0.2, 0.25) is 0 Å². The number of carbonyl (C=O) groups is 1. The Hall–Kier alpha value is -2.61. The Morgan fingerprint density at radius 1 is 1.24 bits per heavy atom. The van der Waals surface area contributed by atoms with Gasteiger partial charge in [-0.3, -0.25) is 4.72 Å². The number of sulfonamides is 1. The first-order chi connectivity index (χ1) is 11.9. The number of benzene rings is 2. The zero-order valence-electron chi connectivity index (χ0n) is 13.4. The van der Waals surface area contributed by atoms with Gasteiger partial charge in [0.1, 0.15) is 11.6 Å². The summed E-state index contributed by atoms with van der Waals surface area (Å²) in [6, 6.07) is 9.52. The Labute approximate surface area is 144 Å². The van der Waals surface area contributed by atoms with Crippen LogP contribution in [0.5, 0.6) is 5.75 Å². The highest BCUT2D eigenvalue weighted by atomic mass is 32.2. The summed E-state index contributed by atoms with van der Waals surface area (Å²) in [6.45, 7) is 0. The van der Waals surface area contributed by atoms with E-state index in [0.29, 0.717) is 18.6 Å². The van der Waals surface area contributed by atoms with E-state index in [1.54, 1.807) is 18.2 Å². The van der Waals surface area contributed by atoms with Gasteiger partial charge < -0.3 is 9.47 Å². The van der Waals surface area contributed by atoms with E-state index in [1.807, 2.05) is 0 Å². The molecule has 0 aromatic heterocycles. The van der Waals surface area contributed by atoms with Gasteiger partial charge >= 0.3 is 5.97 Å². The fourth-order valence-electron chi connectivity index (χ4n) is 2.60. The van der Waals surface area contributed by atoms with Gasteiger partial charge in [0.2, 0.25) is 0 Å². The molecule has 0 saturated heterocycles. The molecule has 6 nitrogen and oxygen atoms in total. The van der Waals surface area contributed by atoms with Gasteiger partial charge in [0.15, 0.2) is 6.10 Å². The summed E-state index contributed by atoms with van der Waals surface area (Å²) in [6.07, 6.45) is 0.226. The minimum Gasteiger partial charge on any atom is -0.476 e. The molecule has 1 heterocycles. The summed E-state index contributed by atoms with van der Waals surface area (Å²) in [5, 5.41) is 0. The third-order valence-electron chi connectivity index (χ3n) is 3.86.